The first-order valence-corrected chi connectivity index (χ1v) is 10.0. The minimum atomic E-state index is -0.661. The Morgan fingerprint density at radius 2 is 1.81 bits per heavy atom. The number of ether oxygens (including phenoxy) is 1. The van der Waals surface area contributed by atoms with Crippen molar-refractivity contribution in [3.05, 3.63) is 65.0 Å². The molecule has 0 amide bonds. The largest absolute Gasteiger partial charge is 0.491 e. The van der Waals surface area contributed by atoms with Crippen LogP contribution in [-0.4, -0.2) is 33.1 Å². The number of para-hydroxylation sites is 2. The fraction of sp³-hybridized carbons (Fsp3) is 0.333. The summed E-state index contributed by atoms with van der Waals surface area (Å²) in [6.07, 6.45) is -0.661. The Kier molecular flexibility index (Phi) is 6.53. The van der Waals surface area contributed by atoms with Crippen molar-refractivity contribution >= 4 is 22.7 Å². The zero-order valence-corrected chi connectivity index (χ0v) is 16.4. The molecule has 6 heteroatoms. The number of aromatic nitrogens is 2. The average molecular weight is 385 g/mol. The molecular formula is C21H24N2O3S. The molecule has 1 N–H and O–H groups in total. The molecule has 0 fully saturated rings. The molecular weight excluding hydrogens is 360 g/mol. The molecule has 142 valence electrons. The molecule has 3 rings (SSSR count). The number of hydrogen-bond donors (Lipinski definition) is 1. The second-order valence-corrected chi connectivity index (χ2v) is 7.80. The zero-order valence-electron chi connectivity index (χ0n) is 15.5. The van der Waals surface area contributed by atoms with E-state index in [2.05, 4.69) is 18.8 Å². The third-order valence-electron chi connectivity index (χ3n) is 3.96. The maximum atomic E-state index is 12.9. The van der Waals surface area contributed by atoms with E-state index in [1.165, 1.54) is 11.8 Å². The van der Waals surface area contributed by atoms with Gasteiger partial charge in [-0.3, -0.25) is 9.36 Å². The number of aliphatic hydroxyl groups is 1. The number of thioether (sulfide) groups is 1. The van der Waals surface area contributed by atoms with Gasteiger partial charge in [0.1, 0.15) is 12.4 Å². The van der Waals surface area contributed by atoms with Crippen LogP contribution in [0.15, 0.2) is 64.5 Å². The summed E-state index contributed by atoms with van der Waals surface area (Å²) in [5.41, 5.74) is 0.645. The van der Waals surface area contributed by atoms with Gasteiger partial charge >= 0.3 is 0 Å². The van der Waals surface area contributed by atoms with E-state index in [-0.39, 0.29) is 12.2 Å². The van der Waals surface area contributed by atoms with E-state index in [9.17, 15) is 9.90 Å². The predicted molar refractivity (Wildman–Crippen MR) is 110 cm³/mol. The minimum Gasteiger partial charge on any atom is -0.491 e. The first-order chi connectivity index (χ1) is 13.0. The van der Waals surface area contributed by atoms with Crippen molar-refractivity contribution in [3.63, 3.8) is 0 Å². The second-order valence-electron chi connectivity index (χ2n) is 6.81. The van der Waals surface area contributed by atoms with Gasteiger partial charge in [0.25, 0.3) is 5.56 Å². The SMILES string of the molecule is CC(C)Cn1c(SC[C@H](O)COc2ccccc2)nc2ccccc2c1=O. The van der Waals surface area contributed by atoms with Crippen molar-refractivity contribution in [2.45, 2.75) is 31.7 Å². The van der Waals surface area contributed by atoms with Gasteiger partial charge in [-0.2, -0.15) is 0 Å². The standard InChI is InChI=1S/C21H24N2O3S/c1-15(2)12-23-20(25)18-10-6-7-11-19(18)22-21(23)27-14-16(24)13-26-17-8-4-3-5-9-17/h3-11,15-16,24H,12-14H2,1-2H3/t16-/m1/s1. The van der Waals surface area contributed by atoms with Gasteiger partial charge in [0.15, 0.2) is 5.16 Å². The van der Waals surface area contributed by atoms with Gasteiger partial charge in [-0.1, -0.05) is 55.9 Å². The summed E-state index contributed by atoms with van der Waals surface area (Å²) in [6.45, 7) is 4.92. The van der Waals surface area contributed by atoms with E-state index in [4.69, 9.17) is 4.74 Å². The predicted octanol–water partition coefficient (Wildman–Crippen LogP) is 3.58. The van der Waals surface area contributed by atoms with Crippen LogP contribution in [-0.2, 0) is 6.54 Å². The first-order valence-electron chi connectivity index (χ1n) is 9.03. The molecule has 0 aliphatic heterocycles. The van der Waals surface area contributed by atoms with Crippen LogP contribution in [0.2, 0.25) is 0 Å². The van der Waals surface area contributed by atoms with Gasteiger partial charge in [-0.25, -0.2) is 4.98 Å². The number of aliphatic hydroxyl groups excluding tert-OH is 1. The molecule has 0 saturated carbocycles. The zero-order chi connectivity index (χ0) is 19.2. The van der Waals surface area contributed by atoms with Crippen LogP contribution in [0.3, 0.4) is 0 Å². The van der Waals surface area contributed by atoms with Crippen LogP contribution >= 0.6 is 11.8 Å². The third kappa shape index (κ3) is 5.11. The Hall–Kier alpha value is -2.31. The van der Waals surface area contributed by atoms with Gasteiger partial charge in [-0.05, 0) is 30.2 Å². The van der Waals surface area contributed by atoms with E-state index < -0.39 is 6.10 Å². The van der Waals surface area contributed by atoms with E-state index >= 15 is 0 Å². The van der Waals surface area contributed by atoms with Gasteiger partial charge in [0, 0.05) is 12.3 Å². The molecule has 1 heterocycles. The molecule has 0 saturated heterocycles. The summed E-state index contributed by atoms with van der Waals surface area (Å²) in [5.74, 6) is 1.44. The monoisotopic (exact) mass is 384 g/mol. The highest BCUT2D eigenvalue weighted by Gasteiger charge is 2.15. The highest BCUT2D eigenvalue weighted by molar-refractivity contribution is 7.99. The molecule has 0 aliphatic rings. The lowest BCUT2D eigenvalue weighted by molar-refractivity contribution is 0.126. The van der Waals surface area contributed by atoms with Crippen LogP contribution < -0.4 is 10.3 Å². The van der Waals surface area contributed by atoms with E-state index in [0.717, 1.165) is 5.75 Å². The summed E-state index contributed by atoms with van der Waals surface area (Å²) < 4.78 is 7.30. The minimum absolute atomic E-state index is 0.0353. The lowest BCUT2D eigenvalue weighted by Gasteiger charge is -2.16. The molecule has 0 radical (unpaired) electrons. The smallest absolute Gasteiger partial charge is 0.262 e. The highest BCUT2D eigenvalue weighted by Crippen LogP contribution is 2.20. The molecule has 3 aromatic rings. The molecule has 27 heavy (non-hydrogen) atoms. The summed E-state index contributed by atoms with van der Waals surface area (Å²) in [5, 5.41) is 11.5. The van der Waals surface area contributed by atoms with Crippen LogP contribution in [0.5, 0.6) is 5.75 Å². The molecule has 0 bridgehead atoms. The summed E-state index contributed by atoms with van der Waals surface area (Å²) in [4.78, 5) is 17.5. The fourth-order valence-corrected chi connectivity index (χ4v) is 3.63. The number of fused-ring (bicyclic) bond motifs is 1. The van der Waals surface area contributed by atoms with Crippen LogP contribution in [0.1, 0.15) is 13.8 Å². The quantitative estimate of drug-likeness (QED) is 0.475. The Morgan fingerprint density at radius 1 is 1.11 bits per heavy atom. The summed E-state index contributed by atoms with van der Waals surface area (Å²) in [6, 6.07) is 16.8. The molecule has 1 atom stereocenters. The van der Waals surface area contributed by atoms with Crippen molar-refractivity contribution in [2.75, 3.05) is 12.4 Å². The van der Waals surface area contributed by atoms with Crippen LogP contribution in [0.4, 0.5) is 0 Å². The molecule has 0 aliphatic carbocycles. The Balaban J connectivity index is 1.74. The van der Waals surface area contributed by atoms with Gasteiger partial charge in [0.05, 0.1) is 17.0 Å². The normalized spacial score (nSPS) is 12.4. The van der Waals surface area contributed by atoms with Crippen molar-refractivity contribution in [3.8, 4) is 5.75 Å². The van der Waals surface area contributed by atoms with E-state index in [1.807, 2.05) is 48.5 Å². The fourth-order valence-electron chi connectivity index (χ4n) is 2.71. The van der Waals surface area contributed by atoms with Crippen molar-refractivity contribution in [1.82, 2.24) is 9.55 Å². The highest BCUT2D eigenvalue weighted by atomic mass is 32.2. The van der Waals surface area contributed by atoms with E-state index in [1.54, 1.807) is 10.6 Å². The van der Waals surface area contributed by atoms with E-state index in [0.29, 0.717) is 34.3 Å². The van der Waals surface area contributed by atoms with Crippen molar-refractivity contribution in [2.24, 2.45) is 5.92 Å². The Morgan fingerprint density at radius 3 is 2.56 bits per heavy atom. The molecule has 5 nitrogen and oxygen atoms in total. The van der Waals surface area contributed by atoms with Gasteiger partial charge in [-0.15, -0.1) is 0 Å². The topological polar surface area (TPSA) is 64.3 Å². The maximum absolute atomic E-state index is 12.9. The second kappa shape index (κ2) is 9.06. The van der Waals surface area contributed by atoms with Crippen LogP contribution in [0, 0.1) is 5.92 Å². The van der Waals surface area contributed by atoms with Crippen molar-refractivity contribution in [1.29, 1.82) is 0 Å². The van der Waals surface area contributed by atoms with Crippen molar-refractivity contribution < 1.29 is 9.84 Å². The average Bonchev–Trinajstić information content (AvgIpc) is 2.68. The molecule has 0 spiro atoms. The maximum Gasteiger partial charge on any atom is 0.262 e. The lowest BCUT2D eigenvalue weighted by atomic mass is 10.2. The van der Waals surface area contributed by atoms with Gasteiger partial charge in [0.2, 0.25) is 0 Å². The van der Waals surface area contributed by atoms with Gasteiger partial charge < -0.3 is 9.84 Å². The number of benzene rings is 2. The third-order valence-corrected chi connectivity index (χ3v) is 5.09. The summed E-state index contributed by atoms with van der Waals surface area (Å²) in [7, 11) is 0. The summed E-state index contributed by atoms with van der Waals surface area (Å²) >= 11 is 1.38. The van der Waals surface area contributed by atoms with Crippen LogP contribution in [0.25, 0.3) is 10.9 Å². The molecule has 2 aromatic carbocycles. The number of rotatable bonds is 8. The first kappa shape index (κ1) is 19.5. The molecule has 0 unspecified atom stereocenters. The molecule has 1 aromatic heterocycles. The Bertz CT molecular complexity index is 941. The number of hydrogen-bond acceptors (Lipinski definition) is 5. The lowest BCUT2D eigenvalue weighted by Crippen LogP contribution is -2.26. The Labute approximate surface area is 163 Å². The number of nitrogens with zero attached hydrogens (tertiary/aromatic N) is 2.